The topological polar surface area (TPSA) is 72.9 Å². The number of likely N-dealkylation sites (tertiary alicyclic amines) is 1. The maximum atomic E-state index is 13.7. The zero-order valence-corrected chi connectivity index (χ0v) is 27.6. The summed E-state index contributed by atoms with van der Waals surface area (Å²) >= 11 is 1.54. The summed E-state index contributed by atoms with van der Waals surface area (Å²) in [6.45, 7) is 9.96. The van der Waals surface area contributed by atoms with E-state index in [2.05, 4.69) is 108 Å². The lowest BCUT2D eigenvalue weighted by atomic mass is 9.98. The molecular weight excluding hydrogens is 623 g/mol. The molecule has 1 aromatic heterocycles. The average Bonchev–Trinajstić information content (AvgIpc) is 3.60. The number of carbonyl (C=O) groups excluding carboxylic acids is 1. The van der Waals surface area contributed by atoms with Gasteiger partial charge in [-0.2, -0.15) is 13.2 Å². The van der Waals surface area contributed by atoms with Gasteiger partial charge in [0.25, 0.3) is 5.91 Å². The fraction of sp³-hybridized carbons (Fsp3) is 0.351. The van der Waals surface area contributed by atoms with Crippen LogP contribution in [0, 0.1) is 5.92 Å². The lowest BCUT2D eigenvalue weighted by molar-refractivity contribution is -0.192. The molecule has 0 saturated carbocycles. The van der Waals surface area contributed by atoms with Crippen LogP contribution in [0.4, 0.5) is 13.2 Å². The van der Waals surface area contributed by atoms with Crippen LogP contribution in [-0.2, 0) is 24.4 Å². The molecule has 2 heterocycles. The number of nitrogens with zero attached hydrogens (tertiary/aromatic N) is 2. The summed E-state index contributed by atoms with van der Waals surface area (Å²) in [5.74, 6) is -1.97. The summed E-state index contributed by atoms with van der Waals surface area (Å²) in [6, 6.07) is 32.4. The SMILES string of the molecule is CC(C)CNCc1cccc(-c2cccc(CN(C(=O)c3cccs3)C3CCN(Cc4ccccc4)CC3)c2)c1.O=C(O)C(F)(F)F. The number of hydrogen-bond acceptors (Lipinski definition) is 5. The van der Waals surface area contributed by atoms with Crippen LogP contribution in [0.5, 0.6) is 0 Å². The van der Waals surface area contributed by atoms with Crippen LogP contribution < -0.4 is 5.32 Å². The molecule has 1 amide bonds. The number of carboxylic acid groups (broad SMARTS) is 1. The van der Waals surface area contributed by atoms with E-state index in [0.717, 1.165) is 50.4 Å². The van der Waals surface area contributed by atoms with Crippen LogP contribution in [0.15, 0.2) is 96.4 Å². The molecule has 1 aliphatic heterocycles. The maximum Gasteiger partial charge on any atom is 0.490 e. The van der Waals surface area contributed by atoms with Crippen molar-refractivity contribution in [2.24, 2.45) is 5.92 Å². The molecule has 0 aliphatic carbocycles. The van der Waals surface area contributed by atoms with Crippen molar-refractivity contribution in [1.29, 1.82) is 0 Å². The molecule has 3 aromatic carbocycles. The molecule has 1 aliphatic rings. The van der Waals surface area contributed by atoms with Crippen molar-refractivity contribution in [2.45, 2.75) is 58.5 Å². The monoisotopic (exact) mass is 665 g/mol. The molecule has 1 saturated heterocycles. The summed E-state index contributed by atoms with van der Waals surface area (Å²) in [7, 11) is 0. The first-order chi connectivity index (χ1) is 22.5. The normalized spacial score (nSPS) is 14.0. The van der Waals surface area contributed by atoms with Gasteiger partial charge in [0.05, 0.1) is 4.88 Å². The molecule has 0 bridgehead atoms. The molecule has 0 spiro atoms. The molecule has 5 rings (SSSR count). The second kappa shape index (κ2) is 17.2. The molecule has 0 atom stereocenters. The highest BCUT2D eigenvalue weighted by atomic mass is 32.1. The Balaban J connectivity index is 0.000000644. The molecule has 0 radical (unpaired) electrons. The van der Waals surface area contributed by atoms with Gasteiger partial charge < -0.3 is 15.3 Å². The molecule has 47 heavy (non-hydrogen) atoms. The Morgan fingerprint density at radius 1 is 0.894 bits per heavy atom. The Hall–Kier alpha value is -3.99. The minimum absolute atomic E-state index is 0.153. The molecular formula is C37H42F3N3O3S. The van der Waals surface area contributed by atoms with E-state index in [9.17, 15) is 18.0 Å². The zero-order valence-electron chi connectivity index (χ0n) is 26.7. The van der Waals surface area contributed by atoms with Gasteiger partial charge in [-0.3, -0.25) is 9.69 Å². The number of thiophene rings is 1. The summed E-state index contributed by atoms with van der Waals surface area (Å²) in [4.78, 5) is 28.1. The quantitative estimate of drug-likeness (QED) is 0.169. The van der Waals surface area contributed by atoms with Gasteiger partial charge in [0.15, 0.2) is 0 Å². The zero-order chi connectivity index (χ0) is 33.8. The Morgan fingerprint density at radius 3 is 2.06 bits per heavy atom. The second-order valence-corrected chi connectivity index (χ2v) is 13.1. The highest BCUT2D eigenvalue weighted by Gasteiger charge is 2.38. The first-order valence-electron chi connectivity index (χ1n) is 15.8. The number of carboxylic acids is 1. The van der Waals surface area contributed by atoms with Gasteiger partial charge >= 0.3 is 12.1 Å². The number of piperidine rings is 1. The minimum atomic E-state index is -5.08. The smallest absolute Gasteiger partial charge is 0.475 e. The largest absolute Gasteiger partial charge is 0.490 e. The third-order valence-corrected chi connectivity index (χ3v) is 8.76. The van der Waals surface area contributed by atoms with Gasteiger partial charge in [0.1, 0.15) is 0 Å². The first kappa shape index (κ1) is 35.9. The van der Waals surface area contributed by atoms with Gasteiger partial charge in [-0.05, 0) is 76.7 Å². The summed E-state index contributed by atoms with van der Waals surface area (Å²) in [5.41, 5.74) is 6.24. The van der Waals surface area contributed by atoms with E-state index >= 15 is 0 Å². The number of carbonyl (C=O) groups is 2. The van der Waals surface area contributed by atoms with E-state index in [-0.39, 0.29) is 11.9 Å². The van der Waals surface area contributed by atoms with E-state index in [4.69, 9.17) is 9.90 Å². The molecule has 1 fully saturated rings. The van der Waals surface area contributed by atoms with Crippen molar-refractivity contribution in [3.63, 3.8) is 0 Å². The van der Waals surface area contributed by atoms with Crippen LogP contribution in [0.25, 0.3) is 11.1 Å². The van der Waals surface area contributed by atoms with Gasteiger partial charge in [0.2, 0.25) is 0 Å². The molecule has 10 heteroatoms. The van der Waals surface area contributed by atoms with Crippen LogP contribution in [0.2, 0.25) is 0 Å². The lowest BCUT2D eigenvalue weighted by Gasteiger charge is -2.38. The Bertz CT molecular complexity index is 1550. The number of nitrogens with one attached hydrogen (secondary N) is 1. The standard InChI is InChI=1S/C35H41N3OS.C2HF3O2/c1-27(2)23-36-24-29-11-6-13-31(21-29)32-14-7-12-30(22-32)26-38(35(39)34-15-8-20-40-34)33-16-18-37(19-17-33)25-28-9-4-3-5-10-28;3-2(4,5)1(6)7/h3-15,20-22,27,33,36H,16-19,23-26H2,1-2H3;(H,6,7). The summed E-state index contributed by atoms with van der Waals surface area (Å²) in [5, 5.41) is 12.7. The number of alkyl halides is 3. The molecule has 4 aromatic rings. The molecule has 2 N–H and O–H groups in total. The van der Waals surface area contributed by atoms with Crippen LogP contribution in [0.1, 0.15) is 53.1 Å². The van der Waals surface area contributed by atoms with Gasteiger partial charge in [-0.25, -0.2) is 4.79 Å². The Labute approximate surface area is 278 Å². The average molecular weight is 666 g/mol. The molecule has 250 valence electrons. The van der Waals surface area contributed by atoms with Crippen molar-refractivity contribution >= 4 is 23.2 Å². The van der Waals surface area contributed by atoms with Crippen LogP contribution in [0.3, 0.4) is 0 Å². The number of benzene rings is 3. The number of halogens is 3. The highest BCUT2D eigenvalue weighted by Crippen LogP contribution is 2.27. The second-order valence-electron chi connectivity index (χ2n) is 12.1. The first-order valence-corrected chi connectivity index (χ1v) is 16.7. The van der Waals surface area contributed by atoms with Crippen LogP contribution >= 0.6 is 11.3 Å². The fourth-order valence-corrected chi connectivity index (χ4v) is 6.23. The third kappa shape index (κ3) is 11.3. The van der Waals surface area contributed by atoms with Crippen LogP contribution in [-0.4, -0.2) is 58.6 Å². The lowest BCUT2D eigenvalue weighted by Crippen LogP contribution is -2.46. The van der Waals surface area contributed by atoms with E-state index in [1.165, 1.54) is 39.2 Å². The van der Waals surface area contributed by atoms with E-state index in [1.54, 1.807) is 0 Å². The predicted molar refractivity (Wildman–Crippen MR) is 181 cm³/mol. The van der Waals surface area contributed by atoms with Gasteiger partial charge in [0, 0.05) is 38.8 Å². The number of aliphatic carboxylic acids is 1. The maximum absolute atomic E-state index is 13.7. The predicted octanol–water partition coefficient (Wildman–Crippen LogP) is 8.10. The van der Waals surface area contributed by atoms with Crippen molar-refractivity contribution in [3.8, 4) is 11.1 Å². The Morgan fingerprint density at radius 2 is 1.49 bits per heavy atom. The molecule has 0 unspecified atom stereocenters. The van der Waals surface area contributed by atoms with Crippen molar-refractivity contribution in [1.82, 2.24) is 15.1 Å². The van der Waals surface area contributed by atoms with Crippen molar-refractivity contribution in [3.05, 3.63) is 118 Å². The Kier molecular flexibility index (Phi) is 13.2. The number of hydrogen-bond donors (Lipinski definition) is 2. The van der Waals surface area contributed by atoms with E-state index in [1.807, 2.05) is 17.5 Å². The third-order valence-electron chi connectivity index (χ3n) is 7.90. The minimum Gasteiger partial charge on any atom is -0.475 e. The molecule has 6 nitrogen and oxygen atoms in total. The summed E-state index contributed by atoms with van der Waals surface area (Å²) in [6.07, 6.45) is -3.09. The summed E-state index contributed by atoms with van der Waals surface area (Å²) < 4.78 is 31.7. The van der Waals surface area contributed by atoms with Gasteiger partial charge in [-0.1, -0.05) is 86.6 Å². The number of rotatable bonds is 11. The highest BCUT2D eigenvalue weighted by molar-refractivity contribution is 7.12. The van der Waals surface area contributed by atoms with Gasteiger partial charge in [-0.15, -0.1) is 11.3 Å². The van der Waals surface area contributed by atoms with E-state index < -0.39 is 12.1 Å². The van der Waals surface area contributed by atoms with Crippen molar-refractivity contribution in [2.75, 3.05) is 19.6 Å². The van der Waals surface area contributed by atoms with E-state index in [0.29, 0.717) is 12.5 Å². The van der Waals surface area contributed by atoms with Crippen molar-refractivity contribution < 1.29 is 27.9 Å². The number of amides is 1. The fourth-order valence-electron chi connectivity index (χ4n) is 5.55.